The summed E-state index contributed by atoms with van der Waals surface area (Å²) < 4.78 is 5.26. The summed E-state index contributed by atoms with van der Waals surface area (Å²) in [5.74, 6) is 1.28. The number of likely N-dealkylation sites (tertiary alicyclic amines) is 1. The third-order valence-corrected chi connectivity index (χ3v) is 5.02. The van der Waals surface area contributed by atoms with Crippen LogP contribution in [0.3, 0.4) is 0 Å². The highest BCUT2D eigenvalue weighted by Gasteiger charge is 2.36. The number of amides is 2. The second-order valence-electron chi connectivity index (χ2n) is 7.21. The molecular weight excluding hydrogens is 318 g/mol. The van der Waals surface area contributed by atoms with Crippen molar-refractivity contribution in [3.05, 3.63) is 29.8 Å². The maximum Gasteiger partial charge on any atom is 0.255 e. The minimum Gasteiger partial charge on any atom is -0.484 e. The molecule has 0 radical (unpaired) electrons. The second kappa shape index (κ2) is 7.87. The summed E-state index contributed by atoms with van der Waals surface area (Å²) in [7, 11) is 0. The smallest absolute Gasteiger partial charge is 0.255 e. The molecule has 1 aromatic carbocycles. The monoisotopic (exact) mass is 345 g/mol. The Labute approximate surface area is 148 Å². The summed E-state index contributed by atoms with van der Waals surface area (Å²) in [4.78, 5) is 24.9. The molecule has 2 atom stereocenters. The van der Waals surface area contributed by atoms with Crippen LogP contribution in [0.15, 0.2) is 24.3 Å². The lowest BCUT2D eigenvalue weighted by molar-refractivity contribution is -0.134. The first-order chi connectivity index (χ1) is 12.0. The molecule has 0 unspecified atom stereocenters. The molecule has 2 amide bonds. The first-order valence-corrected chi connectivity index (χ1v) is 9.05. The molecule has 1 aliphatic heterocycles. The molecule has 1 aromatic rings. The van der Waals surface area contributed by atoms with Crippen LogP contribution in [-0.4, -0.2) is 42.5 Å². The number of hydrogen-bond donors (Lipinski definition) is 2. The highest BCUT2D eigenvalue weighted by molar-refractivity contribution is 5.81. The van der Waals surface area contributed by atoms with Gasteiger partial charge >= 0.3 is 0 Å². The maximum atomic E-state index is 12.2. The van der Waals surface area contributed by atoms with Crippen LogP contribution in [0, 0.1) is 11.8 Å². The van der Waals surface area contributed by atoms with Crippen LogP contribution < -0.4 is 15.8 Å². The normalized spacial score (nSPS) is 23.3. The number of nitrogens with one attached hydrogen (secondary N) is 1. The summed E-state index contributed by atoms with van der Waals surface area (Å²) in [6.07, 6.45) is 3.15. The summed E-state index contributed by atoms with van der Waals surface area (Å²) in [6, 6.07) is 8.09. The van der Waals surface area contributed by atoms with Gasteiger partial charge in [0.25, 0.3) is 5.91 Å². The van der Waals surface area contributed by atoms with E-state index in [1.807, 2.05) is 29.2 Å². The number of ether oxygens (including phenoxy) is 1. The standard InChI is InChI=1S/C19H27N3O3/c1-13-11-22(19(24)15-4-5-15)9-8-17(13)21-10-14-2-6-16(7-3-14)25-12-18(20)23/h2-3,6-7,13,15,17,21H,4-5,8-12H2,1H3,(H2,20,23)/t13-,17-/m0/s1. The van der Waals surface area contributed by atoms with Crippen molar-refractivity contribution in [2.45, 2.75) is 38.8 Å². The largest absolute Gasteiger partial charge is 0.484 e. The van der Waals surface area contributed by atoms with Crippen LogP contribution in [0.25, 0.3) is 0 Å². The van der Waals surface area contributed by atoms with Crippen molar-refractivity contribution in [2.24, 2.45) is 17.6 Å². The van der Waals surface area contributed by atoms with Crippen LogP contribution in [0.1, 0.15) is 31.7 Å². The van der Waals surface area contributed by atoms with E-state index >= 15 is 0 Å². The van der Waals surface area contributed by atoms with E-state index in [4.69, 9.17) is 10.5 Å². The number of rotatable bonds is 7. The predicted octanol–water partition coefficient (Wildman–Crippen LogP) is 1.29. The van der Waals surface area contributed by atoms with E-state index < -0.39 is 5.91 Å². The molecule has 0 spiro atoms. The fourth-order valence-corrected chi connectivity index (χ4v) is 3.34. The molecule has 3 rings (SSSR count). The number of hydrogen-bond acceptors (Lipinski definition) is 4. The first-order valence-electron chi connectivity index (χ1n) is 9.05. The molecule has 1 aliphatic carbocycles. The molecule has 1 heterocycles. The summed E-state index contributed by atoms with van der Waals surface area (Å²) in [5, 5.41) is 3.61. The highest BCUT2D eigenvalue weighted by atomic mass is 16.5. The summed E-state index contributed by atoms with van der Waals surface area (Å²) in [5.41, 5.74) is 6.23. The first kappa shape index (κ1) is 17.7. The van der Waals surface area contributed by atoms with Gasteiger partial charge in [0.05, 0.1) is 0 Å². The minimum atomic E-state index is -0.480. The molecule has 0 aromatic heterocycles. The van der Waals surface area contributed by atoms with Gasteiger partial charge < -0.3 is 20.7 Å². The molecule has 2 fully saturated rings. The molecule has 136 valence electrons. The van der Waals surface area contributed by atoms with Gasteiger partial charge in [-0.05, 0) is 42.9 Å². The van der Waals surface area contributed by atoms with Crippen molar-refractivity contribution in [1.29, 1.82) is 0 Å². The third kappa shape index (κ3) is 4.95. The Kier molecular flexibility index (Phi) is 5.58. The van der Waals surface area contributed by atoms with Gasteiger partial charge in [0.2, 0.25) is 5.91 Å². The Bertz CT molecular complexity index is 613. The van der Waals surface area contributed by atoms with Gasteiger partial charge in [-0.25, -0.2) is 0 Å². The molecule has 1 saturated heterocycles. The quantitative estimate of drug-likeness (QED) is 0.780. The van der Waals surface area contributed by atoms with Crippen molar-refractivity contribution >= 4 is 11.8 Å². The lowest BCUT2D eigenvalue weighted by atomic mass is 9.93. The Hall–Kier alpha value is -2.08. The van der Waals surface area contributed by atoms with E-state index in [9.17, 15) is 9.59 Å². The van der Waals surface area contributed by atoms with Crippen molar-refractivity contribution in [2.75, 3.05) is 19.7 Å². The Balaban J connectivity index is 1.44. The van der Waals surface area contributed by atoms with Crippen molar-refractivity contribution in [1.82, 2.24) is 10.2 Å². The lowest BCUT2D eigenvalue weighted by Gasteiger charge is -2.37. The fraction of sp³-hybridized carbons (Fsp3) is 0.579. The van der Waals surface area contributed by atoms with Gasteiger partial charge in [-0.2, -0.15) is 0 Å². The van der Waals surface area contributed by atoms with Crippen LogP contribution in [0.4, 0.5) is 0 Å². The molecule has 6 nitrogen and oxygen atoms in total. The molecule has 25 heavy (non-hydrogen) atoms. The second-order valence-corrected chi connectivity index (χ2v) is 7.21. The zero-order valence-electron chi connectivity index (χ0n) is 14.7. The predicted molar refractivity (Wildman–Crippen MR) is 94.8 cm³/mol. The van der Waals surface area contributed by atoms with E-state index in [0.29, 0.717) is 29.5 Å². The number of benzene rings is 1. The van der Waals surface area contributed by atoms with Gasteiger partial charge in [-0.15, -0.1) is 0 Å². The lowest BCUT2D eigenvalue weighted by Crippen LogP contribution is -2.50. The molecule has 6 heteroatoms. The number of primary amides is 1. The van der Waals surface area contributed by atoms with Gasteiger partial charge in [-0.3, -0.25) is 9.59 Å². The summed E-state index contributed by atoms with van der Waals surface area (Å²) >= 11 is 0. The van der Waals surface area contributed by atoms with Gasteiger partial charge in [0.15, 0.2) is 6.61 Å². The zero-order valence-corrected chi connectivity index (χ0v) is 14.7. The van der Waals surface area contributed by atoms with E-state index in [1.165, 1.54) is 0 Å². The van der Waals surface area contributed by atoms with E-state index in [-0.39, 0.29) is 6.61 Å². The van der Waals surface area contributed by atoms with Crippen LogP contribution in [-0.2, 0) is 16.1 Å². The topological polar surface area (TPSA) is 84.7 Å². The van der Waals surface area contributed by atoms with Gasteiger partial charge in [0.1, 0.15) is 5.75 Å². The van der Waals surface area contributed by atoms with Crippen molar-refractivity contribution in [3.63, 3.8) is 0 Å². The van der Waals surface area contributed by atoms with Crippen LogP contribution in [0.5, 0.6) is 5.75 Å². The number of carbonyl (C=O) groups excluding carboxylic acids is 2. The third-order valence-electron chi connectivity index (χ3n) is 5.02. The highest BCUT2D eigenvalue weighted by Crippen LogP contribution is 2.32. The Morgan fingerprint density at radius 1 is 1.24 bits per heavy atom. The summed E-state index contributed by atoms with van der Waals surface area (Å²) in [6.45, 7) is 4.60. The zero-order chi connectivity index (χ0) is 17.8. The van der Waals surface area contributed by atoms with Crippen LogP contribution >= 0.6 is 0 Å². The number of nitrogens with two attached hydrogens (primary N) is 1. The average molecular weight is 345 g/mol. The number of nitrogens with zero attached hydrogens (tertiary/aromatic N) is 1. The van der Waals surface area contributed by atoms with Gasteiger partial charge in [-0.1, -0.05) is 19.1 Å². The maximum absolute atomic E-state index is 12.2. The van der Waals surface area contributed by atoms with Crippen molar-refractivity contribution in [3.8, 4) is 5.75 Å². The van der Waals surface area contributed by atoms with E-state index in [0.717, 1.165) is 44.5 Å². The molecule has 2 aliphatic rings. The van der Waals surface area contributed by atoms with Crippen molar-refractivity contribution < 1.29 is 14.3 Å². The average Bonchev–Trinajstić information content (AvgIpc) is 3.44. The fourth-order valence-electron chi connectivity index (χ4n) is 3.34. The molecule has 3 N–H and O–H groups in total. The van der Waals surface area contributed by atoms with E-state index in [2.05, 4.69) is 12.2 Å². The van der Waals surface area contributed by atoms with Gasteiger partial charge in [0, 0.05) is 31.6 Å². The number of piperidine rings is 1. The molecular formula is C19H27N3O3. The minimum absolute atomic E-state index is 0.104. The number of carbonyl (C=O) groups is 2. The SMILES string of the molecule is C[C@H]1CN(C(=O)C2CC2)CC[C@@H]1NCc1ccc(OCC(N)=O)cc1. The Morgan fingerprint density at radius 3 is 2.56 bits per heavy atom. The molecule has 1 saturated carbocycles. The molecule has 0 bridgehead atoms. The van der Waals surface area contributed by atoms with Crippen LogP contribution in [0.2, 0.25) is 0 Å². The Morgan fingerprint density at radius 2 is 1.96 bits per heavy atom. The van der Waals surface area contributed by atoms with E-state index in [1.54, 1.807) is 0 Å².